The number of ether oxygens (including phenoxy) is 2. The van der Waals surface area contributed by atoms with E-state index in [0.29, 0.717) is 0 Å². The van der Waals surface area contributed by atoms with E-state index in [-0.39, 0.29) is 0 Å². The number of hydrogen-bond donors (Lipinski definition) is 0. The van der Waals surface area contributed by atoms with Crippen molar-refractivity contribution in [2.75, 3.05) is 46.1 Å². The SMILES string of the molecule is C(CCCN1CCOCC1)CCC1CCOCC1. The van der Waals surface area contributed by atoms with Gasteiger partial charge in [0.25, 0.3) is 0 Å². The molecule has 0 atom stereocenters. The number of rotatable bonds is 7. The minimum atomic E-state index is 0.934. The van der Waals surface area contributed by atoms with Crippen molar-refractivity contribution in [1.82, 2.24) is 4.90 Å². The molecule has 2 rings (SSSR count). The lowest BCUT2D eigenvalue weighted by Crippen LogP contribution is -2.36. The van der Waals surface area contributed by atoms with Gasteiger partial charge < -0.3 is 9.47 Å². The molecular weight excluding hydrogens is 226 g/mol. The van der Waals surface area contributed by atoms with Gasteiger partial charge in [-0.15, -0.1) is 0 Å². The van der Waals surface area contributed by atoms with Gasteiger partial charge in [0.1, 0.15) is 0 Å². The second-order valence-corrected chi connectivity index (χ2v) is 5.71. The fourth-order valence-electron chi connectivity index (χ4n) is 2.98. The van der Waals surface area contributed by atoms with Crippen LogP contribution in [0.2, 0.25) is 0 Å². The number of hydrogen-bond acceptors (Lipinski definition) is 3. The van der Waals surface area contributed by atoms with Crippen LogP contribution in [0.3, 0.4) is 0 Å². The molecule has 2 fully saturated rings. The van der Waals surface area contributed by atoms with Gasteiger partial charge in [0, 0.05) is 26.3 Å². The molecule has 3 nitrogen and oxygen atoms in total. The summed E-state index contributed by atoms with van der Waals surface area (Å²) in [4.78, 5) is 2.54. The first-order valence-electron chi connectivity index (χ1n) is 7.83. The molecule has 18 heavy (non-hydrogen) atoms. The highest BCUT2D eigenvalue weighted by molar-refractivity contribution is 4.64. The molecule has 0 saturated carbocycles. The van der Waals surface area contributed by atoms with Crippen LogP contribution in [0.15, 0.2) is 0 Å². The molecule has 2 heterocycles. The predicted octanol–water partition coefficient (Wildman–Crippen LogP) is 2.70. The molecule has 0 aromatic heterocycles. The van der Waals surface area contributed by atoms with E-state index in [1.807, 2.05) is 0 Å². The Hall–Kier alpha value is -0.120. The Labute approximate surface area is 112 Å². The monoisotopic (exact) mass is 255 g/mol. The van der Waals surface area contributed by atoms with E-state index in [4.69, 9.17) is 9.47 Å². The lowest BCUT2D eigenvalue weighted by Gasteiger charge is -2.26. The van der Waals surface area contributed by atoms with Crippen LogP contribution >= 0.6 is 0 Å². The minimum absolute atomic E-state index is 0.934. The zero-order valence-corrected chi connectivity index (χ0v) is 11.7. The number of unbranched alkanes of at least 4 members (excludes halogenated alkanes) is 3. The van der Waals surface area contributed by atoms with E-state index in [2.05, 4.69) is 4.90 Å². The molecule has 0 N–H and O–H groups in total. The fraction of sp³-hybridized carbons (Fsp3) is 1.00. The van der Waals surface area contributed by atoms with Crippen LogP contribution in [-0.2, 0) is 9.47 Å². The highest BCUT2D eigenvalue weighted by atomic mass is 16.5. The van der Waals surface area contributed by atoms with Crippen molar-refractivity contribution in [1.29, 1.82) is 0 Å². The quantitative estimate of drug-likeness (QED) is 0.653. The third kappa shape index (κ3) is 5.68. The molecule has 2 aliphatic heterocycles. The maximum atomic E-state index is 5.40. The van der Waals surface area contributed by atoms with E-state index < -0.39 is 0 Å². The summed E-state index contributed by atoms with van der Waals surface area (Å²) in [6, 6.07) is 0. The zero-order chi connectivity index (χ0) is 12.5. The van der Waals surface area contributed by atoms with E-state index in [0.717, 1.165) is 45.4 Å². The molecule has 0 aliphatic carbocycles. The topological polar surface area (TPSA) is 21.7 Å². The average molecular weight is 255 g/mol. The van der Waals surface area contributed by atoms with Crippen molar-refractivity contribution in [3.8, 4) is 0 Å². The van der Waals surface area contributed by atoms with Gasteiger partial charge >= 0.3 is 0 Å². The Morgan fingerprint density at radius 2 is 1.44 bits per heavy atom. The van der Waals surface area contributed by atoms with Gasteiger partial charge in [-0.05, 0) is 31.7 Å². The second kappa shape index (κ2) is 8.89. The van der Waals surface area contributed by atoms with Crippen molar-refractivity contribution in [2.45, 2.75) is 44.9 Å². The first-order chi connectivity index (χ1) is 8.95. The summed E-state index contributed by atoms with van der Waals surface area (Å²) in [5.74, 6) is 0.956. The minimum Gasteiger partial charge on any atom is -0.381 e. The van der Waals surface area contributed by atoms with Crippen molar-refractivity contribution in [3.05, 3.63) is 0 Å². The summed E-state index contributed by atoms with van der Waals surface area (Å²) in [6.07, 6.45) is 9.65. The van der Waals surface area contributed by atoms with Crippen LogP contribution in [-0.4, -0.2) is 51.0 Å². The summed E-state index contributed by atoms with van der Waals surface area (Å²) < 4.78 is 10.8. The molecule has 0 amide bonds. The molecule has 106 valence electrons. The Kier molecular flexibility index (Phi) is 7.06. The Bertz CT molecular complexity index is 177. The third-order valence-electron chi connectivity index (χ3n) is 4.28. The Morgan fingerprint density at radius 3 is 2.22 bits per heavy atom. The van der Waals surface area contributed by atoms with Crippen LogP contribution in [0, 0.1) is 5.92 Å². The van der Waals surface area contributed by atoms with E-state index in [1.54, 1.807) is 0 Å². The van der Waals surface area contributed by atoms with Crippen molar-refractivity contribution in [2.24, 2.45) is 5.92 Å². The standard InChI is InChI=1S/C15H29NO2/c1(3-5-15-6-11-17-12-7-15)2-4-8-16-9-13-18-14-10-16/h15H,1-14H2. The average Bonchev–Trinajstić information content (AvgIpc) is 2.45. The first kappa shape index (κ1) is 14.3. The molecule has 0 bridgehead atoms. The Morgan fingerprint density at radius 1 is 0.778 bits per heavy atom. The summed E-state index contributed by atoms with van der Waals surface area (Å²) >= 11 is 0. The molecule has 0 spiro atoms. The maximum absolute atomic E-state index is 5.40. The van der Waals surface area contributed by atoms with Gasteiger partial charge in [-0.2, -0.15) is 0 Å². The number of nitrogens with zero attached hydrogens (tertiary/aromatic N) is 1. The van der Waals surface area contributed by atoms with Gasteiger partial charge in [0.15, 0.2) is 0 Å². The van der Waals surface area contributed by atoms with Crippen LogP contribution < -0.4 is 0 Å². The molecule has 0 unspecified atom stereocenters. The first-order valence-corrected chi connectivity index (χ1v) is 7.83. The van der Waals surface area contributed by atoms with Gasteiger partial charge in [0.2, 0.25) is 0 Å². The van der Waals surface area contributed by atoms with Crippen molar-refractivity contribution in [3.63, 3.8) is 0 Å². The third-order valence-corrected chi connectivity index (χ3v) is 4.28. The van der Waals surface area contributed by atoms with E-state index in [1.165, 1.54) is 51.5 Å². The normalized spacial score (nSPS) is 23.3. The lowest BCUT2D eigenvalue weighted by atomic mass is 9.93. The van der Waals surface area contributed by atoms with Gasteiger partial charge in [0.05, 0.1) is 13.2 Å². The summed E-state index contributed by atoms with van der Waals surface area (Å²) in [5, 5.41) is 0. The molecule has 2 saturated heterocycles. The van der Waals surface area contributed by atoms with Gasteiger partial charge in [-0.25, -0.2) is 0 Å². The smallest absolute Gasteiger partial charge is 0.0594 e. The van der Waals surface area contributed by atoms with Crippen molar-refractivity contribution >= 4 is 0 Å². The molecule has 0 radical (unpaired) electrons. The predicted molar refractivity (Wildman–Crippen MR) is 73.9 cm³/mol. The molecule has 2 aliphatic rings. The van der Waals surface area contributed by atoms with Crippen molar-refractivity contribution < 1.29 is 9.47 Å². The maximum Gasteiger partial charge on any atom is 0.0594 e. The summed E-state index contributed by atoms with van der Waals surface area (Å²) in [6.45, 7) is 7.43. The largest absolute Gasteiger partial charge is 0.381 e. The molecule has 0 aromatic rings. The lowest BCUT2D eigenvalue weighted by molar-refractivity contribution is 0.0370. The van der Waals surface area contributed by atoms with E-state index >= 15 is 0 Å². The molecule has 3 heteroatoms. The van der Waals surface area contributed by atoms with Crippen LogP contribution in [0.5, 0.6) is 0 Å². The summed E-state index contributed by atoms with van der Waals surface area (Å²) in [5.41, 5.74) is 0. The van der Waals surface area contributed by atoms with Crippen LogP contribution in [0.1, 0.15) is 44.9 Å². The van der Waals surface area contributed by atoms with Crippen LogP contribution in [0.25, 0.3) is 0 Å². The zero-order valence-electron chi connectivity index (χ0n) is 11.7. The van der Waals surface area contributed by atoms with Gasteiger partial charge in [-0.1, -0.05) is 25.7 Å². The Balaban J connectivity index is 1.39. The molecule has 0 aromatic carbocycles. The van der Waals surface area contributed by atoms with Gasteiger partial charge in [-0.3, -0.25) is 4.90 Å². The van der Waals surface area contributed by atoms with Crippen LogP contribution in [0.4, 0.5) is 0 Å². The highest BCUT2D eigenvalue weighted by Gasteiger charge is 2.13. The summed E-state index contributed by atoms with van der Waals surface area (Å²) in [7, 11) is 0. The second-order valence-electron chi connectivity index (χ2n) is 5.71. The number of morpholine rings is 1. The van der Waals surface area contributed by atoms with E-state index in [9.17, 15) is 0 Å². The fourth-order valence-corrected chi connectivity index (χ4v) is 2.98. The highest BCUT2D eigenvalue weighted by Crippen LogP contribution is 2.21. The molecular formula is C15H29NO2.